The molecule has 2 N–H and O–H groups in total. The number of hydrogen-bond donors (Lipinski definition) is 2. The van der Waals surface area contributed by atoms with Crippen LogP contribution in [0.1, 0.15) is 11.1 Å². The van der Waals surface area contributed by atoms with Crippen LogP contribution < -0.4 is 14.6 Å². The summed E-state index contributed by atoms with van der Waals surface area (Å²) in [5.74, 6) is 0.681. The highest BCUT2D eigenvalue weighted by Gasteiger charge is 2.21. The molecule has 0 bridgehead atoms. The molecular formula is C24H23ClN3O2S+. The Balaban J connectivity index is 1.53. The second-order valence-corrected chi connectivity index (χ2v) is 8.53. The predicted octanol–water partition coefficient (Wildman–Crippen LogP) is 5.20. The van der Waals surface area contributed by atoms with Crippen molar-refractivity contribution in [3.63, 3.8) is 0 Å². The van der Waals surface area contributed by atoms with Gasteiger partial charge in [0.15, 0.2) is 11.0 Å². The maximum atomic E-state index is 12.7. The van der Waals surface area contributed by atoms with Crippen molar-refractivity contribution in [3.05, 3.63) is 82.9 Å². The number of amides is 1. The normalized spacial score (nSPS) is 10.9. The van der Waals surface area contributed by atoms with E-state index in [4.69, 9.17) is 16.3 Å². The van der Waals surface area contributed by atoms with Crippen LogP contribution in [-0.2, 0) is 11.3 Å². The fourth-order valence-electron chi connectivity index (χ4n) is 3.39. The van der Waals surface area contributed by atoms with Crippen LogP contribution in [0.5, 0.6) is 5.75 Å². The molecule has 0 saturated heterocycles. The molecule has 0 unspecified atom stereocenters. The van der Waals surface area contributed by atoms with E-state index in [-0.39, 0.29) is 11.7 Å². The average Bonchev–Trinajstić information content (AvgIpc) is 3.13. The lowest BCUT2D eigenvalue weighted by Crippen LogP contribution is -2.35. The lowest BCUT2D eigenvalue weighted by molar-refractivity contribution is -0.700. The lowest BCUT2D eigenvalue weighted by Gasteiger charge is -2.12. The quantitative estimate of drug-likeness (QED) is 0.299. The molecule has 0 aliphatic rings. The van der Waals surface area contributed by atoms with Gasteiger partial charge in [-0.05, 0) is 48.0 Å². The second-order valence-electron chi connectivity index (χ2n) is 7.16. The smallest absolute Gasteiger partial charge is 0.317 e. The van der Waals surface area contributed by atoms with Crippen molar-refractivity contribution < 1.29 is 14.1 Å². The molecule has 0 fully saturated rings. The zero-order valence-corrected chi connectivity index (χ0v) is 18.9. The number of para-hydroxylation sites is 2. The summed E-state index contributed by atoms with van der Waals surface area (Å²) in [6.07, 6.45) is 0. The first-order valence-corrected chi connectivity index (χ1v) is 11.2. The molecule has 158 valence electrons. The Hall–Kier alpha value is -2.96. The summed E-state index contributed by atoms with van der Waals surface area (Å²) in [4.78, 5) is 16.1. The summed E-state index contributed by atoms with van der Waals surface area (Å²) >= 11 is 7.63. The SMILES string of the molecule is COc1cc(Cl)c(C)cc1NC(=O)CSc1[nH]c2ccccc2[n+]1Cc1ccccc1. The minimum atomic E-state index is -0.116. The van der Waals surface area contributed by atoms with Crippen LogP contribution in [0.2, 0.25) is 5.02 Å². The van der Waals surface area contributed by atoms with E-state index >= 15 is 0 Å². The van der Waals surface area contributed by atoms with Crippen LogP contribution >= 0.6 is 23.4 Å². The number of carbonyl (C=O) groups excluding carboxylic acids is 1. The molecule has 0 atom stereocenters. The molecule has 1 amide bonds. The fraction of sp³-hybridized carbons (Fsp3) is 0.167. The number of methoxy groups -OCH3 is 1. The third kappa shape index (κ3) is 4.86. The standard InChI is InChI=1S/C24H22ClN3O2S/c1-16-12-20(22(30-2)13-18(16)25)26-23(29)15-31-24-27-19-10-6-7-11-21(19)28(24)14-17-8-4-3-5-9-17/h3-13H,14-15H2,1-2H3,(H,26,29)/p+1. The van der Waals surface area contributed by atoms with Gasteiger partial charge in [0.25, 0.3) is 0 Å². The number of ether oxygens (including phenoxy) is 1. The van der Waals surface area contributed by atoms with Crippen molar-refractivity contribution >= 4 is 46.0 Å². The topological polar surface area (TPSA) is 58.0 Å². The summed E-state index contributed by atoms with van der Waals surface area (Å²) in [6, 6.07) is 22.0. The van der Waals surface area contributed by atoms with Gasteiger partial charge >= 0.3 is 5.16 Å². The Morgan fingerprint density at radius 1 is 1.13 bits per heavy atom. The fourth-order valence-corrected chi connectivity index (χ4v) is 4.39. The van der Waals surface area contributed by atoms with Gasteiger partial charge in [-0.25, -0.2) is 9.55 Å². The molecule has 3 aromatic carbocycles. The van der Waals surface area contributed by atoms with Crippen molar-refractivity contribution in [1.29, 1.82) is 0 Å². The Morgan fingerprint density at radius 2 is 1.87 bits per heavy atom. The van der Waals surface area contributed by atoms with Gasteiger partial charge in [0, 0.05) is 11.1 Å². The van der Waals surface area contributed by atoms with Crippen molar-refractivity contribution in [2.24, 2.45) is 0 Å². The largest absolute Gasteiger partial charge is 0.495 e. The highest BCUT2D eigenvalue weighted by molar-refractivity contribution is 7.99. The Bertz CT molecular complexity index is 1220. The molecule has 0 saturated carbocycles. The van der Waals surface area contributed by atoms with Gasteiger partial charge in [0.2, 0.25) is 5.91 Å². The van der Waals surface area contributed by atoms with Crippen LogP contribution in [0, 0.1) is 6.92 Å². The van der Waals surface area contributed by atoms with Crippen molar-refractivity contribution in [1.82, 2.24) is 4.98 Å². The van der Waals surface area contributed by atoms with E-state index in [0.29, 0.717) is 16.5 Å². The molecular weight excluding hydrogens is 430 g/mol. The molecule has 0 aliphatic carbocycles. The van der Waals surface area contributed by atoms with E-state index < -0.39 is 0 Å². The molecule has 0 spiro atoms. The first kappa shape index (κ1) is 21.3. The van der Waals surface area contributed by atoms with E-state index in [2.05, 4.69) is 33.1 Å². The molecule has 4 rings (SSSR count). The van der Waals surface area contributed by atoms with Crippen LogP contribution in [0.15, 0.2) is 71.9 Å². The first-order chi connectivity index (χ1) is 15.0. The molecule has 1 aromatic heterocycles. The Kier molecular flexibility index (Phi) is 6.49. The number of benzene rings is 3. The van der Waals surface area contributed by atoms with Crippen molar-refractivity contribution in [3.8, 4) is 5.75 Å². The number of carbonyl (C=O) groups is 1. The monoisotopic (exact) mass is 452 g/mol. The van der Waals surface area contributed by atoms with E-state index in [1.54, 1.807) is 13.2 Å². The van der Waals surface area contributed by atoms with Crippen LogP contribution in [0.25, 0.3) is 11.0 Å². The molecule has 7 heteroatoms. The predicted molar refractivity (Wildman–Crippen MR) is 126 cm³/mol. The first-order valence-electron chi connectivity index (χ1n) is 9.86. The molecule has 0 aliphatic heterocycles. The maximum Gasteiger partial charge on any atom is 0.317 e. The average molecular weight is 453 g/mol. The van der Waals surface area contributed by atoms with Gasteiger partial charge in [-0.1, -0.05) is 54.1 Å². The summed E-state index contributed by atoms with van der Waals surface area (Å²) in [7, 11) is 1.56. The number of nitrogens with zero attached hydrogens (tertiary/aromatic N) is 1. The van der Waals surface area contributed by atoms with E-state index in [1.807, 2.05) is 49.4 Å². The summed E-state index contributed by atoms with van der Waals surface area (Å²) in [6.45, 7) is 2.61. The number of aromatic nitrogens is 2. The number of halogens is 1. The Morgan fingerprint density at radius 3 is 2.65 bits per heavy atom. The summed E-state index contributed by atoms with van der Waals surface area (Å²) in [5, 5.41) is 4.47. The van der Waals surface area contributed by atoms with Crippen LogP contribution in [-0.4, -0.2) is 23.8 Å². The molecule has 0 radical (unpaired) electrons. The van der Waals surface area contributed by atoms with Crippen molar-refractivity contribution in [2.45, 2.75) is 18.6 Å². The minimum absolute atomic E-state index is 0.116. The van der Waals surface area contributed by atoms with E-state index in [0.717, 1.165) is 28.3 Å². The number of aromatic amines is 1. The third-order valence-corrected chi connectivity index (χ3v) is 6.37. The number of fused-ring (bicyclic) bond motifs is 1. The zero-order chi connectivity index (χ0) is 21.8. The van der Waals surface area contributed by atoms with Gasteiger partial charge in [-0.15, -0.1) is 0 Å². The molecule has 5 nitrogen and oxygen atoms in total. The number of thioether (sulfide) groups is 1. The number of rotatable bonds is 7. The van der Waals surface area contributed by atoms with Gasteiger partial charge in [0.05, 0.1) is 18.6 Å². The number of anilines is 1. The number of imidazole rings is 1. The van der Waals surface area contributed by atoms with Gasteiger partial charge in [-0.3, -0.25) is 4.79 Å². The number of H-pyrrole nitrogens is 1. The van der Waals surface area contributed by atoms with E-state index in [9.17, 15) is 4.79 Å². The highest BCUT2D eigenvalue weighted by atomic mass is 35.5. The number of nitrogens with one attached hydrogen (secondary N) is 2. The maximum absolute atomic E-state index is 12.7. The molecule has 1 heterocycles. The van der Waals surface area contributed by atoms with E-state index in [1.165, 1.54) is 17.3 Å². The highest BCUT2D eigenvalue weighted by Crippen LogP contribution is 2.31. The molecule has 4 aromatic rings. The number of hydrogen-bond acceptors (Lipinski definition) is 3. The second kappa shape index (κ2) is 9.45. The van der Waals surface area contributed by atoms with Crippen LogP contribution in [0.3, 0.4) is 0 Å². The zero-order valence-electron chi connectivity index (χ0n) is 17.3. The number of aryl methyl sites for hydroxylation is 1. The summed E-state index contributed by atoms with van der Waals surface area (Å²) in [5.41, 5.74) is 4.83. The minimum Gasteiger partial charge on any atom is -0.495 e. The lowest BCUT2D eigenvalue weighted by atomic mass is 10.2. The third-order valence-electron chi connectivity index (χ3n) is 4.96. The van der Waals surface area contributed by atoms with Gasteiger partial charge in [0.1, 0.15) is 12.3 Å². The summed E-state index contributed by atoms with van der Waals surface area (Å²) < 4.78 is 7.56. The van der Waals surface area contributed by atoms with Gasteiger partial charge in [-0.2, -0.15) is 0 Å². The molecule has 31 heavy (non-hydrogen) atoms. The van der Waals surface area contributed by atoms with Crippen molar-refractivity contribution in [2.75, 3.05) is 18.2 Å². The van der Waals surface area contributed by atoms with Crippen LogP contribution in [0.4, 0.5) is 5.69 Å². The van der Waals surface area contributed by atoms with Gasteiger partial charge < -0.3 is 10.1 Å². The Labute approximate surface area is 190 Å².